The Kier molecular flexibility index (Phi) is 7.85. The summed E-state index contributed by atoms with van der Waals surface area (Å²) in [6, 6.07) is 5.88. The van der Waals surface area contributed by atoms with Gasteiger partial charge in [-0.2, -0.15) is 24.7 Å². The lowest BCUT2D eigenvalue weighted by atomic mass is 10.0. The van der Waals surface area contributed by atoms with Crippen molar-refractivity contribution >= 4 is 62.5 Å². The fourth-order valence-corrected chi connectivity index (χ4v) is 5.41. The molecule has 210 valence electrons. The van der Waals surface area contributed by atoms with E-state index in [0.29, 0.717) is 16.5 Å². The second-order valence-corrected chi connectivity index (χ2v) is 10.4. The Morgan fingerprint density at radius 1 is 1.27 bits per heavy atom. The van der Waals surface area contributed by atoms with E-state index in [-0.39, 0.29) is 41.2 Å². The minimum atomic E-state index is -1.40. The number of nitrogens with one attached hydrogen (secondary N) is 1. The van der Waals surface area contributed by atoms with Gasteiger partial charge in [-0.15, -0.1) is 0 Å². The first kappa shape index (κ1) is 28.0. The number of likely N-dealkylation sites (tertiary alicyclic amines) is 1. The number of primary amides is 1. The molecule has 0 bridgehead atoms. The van der Waals surface area contributed by atoms with Crippen molar-refractivity contribution in [3.8, 4) is 11.1 Å². The van der Waals surface area contributed by atoms with E-state index in [4.69, 9.17) is 17.3 Å². The van der Waals surface area contributed by atoms with Gasteiger partial charge in [0.2, 0.25) is 16.9 Å². The van der Waals surface area contributed by atoms with E-state index in [1.54, 1.807) is 43.5 Å². The number of nitrogens with zero attached hydrogens (tertiary/aromatic N) is 7. The van der Waals surface area contributed by atoms with Crippen molar-refractivity contribution in [1.82, 2.24) is 34.2 Å². The molecule has 0 saturated carbocycles. The van der Waals surface area contributed by atoms with Gasteiger partial charge in [-0.25, -0.2) is 4.39 Å². The molecule has 1 aromatic carbocycles. The molecule has 1 aliphatic rings. The maximum atomic E-state index is 14.5. The maximum Gasteiger partial charge on any atom is 0.269 e. The highest BCUT2D eigenvalue weighted by Crippen LogP contribution is 2.29. The summed E-state index contributed by atoms with van der Waals surface area (Å²) in [5.74, 6) is -1.65. The molecule has 1 aliphatic heterocycles. The minimum Gasteiger partial charge on any atom is -0.364 e. The summed E-state index contributed by atoms with van der Waals surface area (Å²) >= 11 is 6.90. The number of hydrogen-bond acceptors (Lipinski definition) is 9. The number of alkyl halides is 1. The monoisotopic (exact) mass is 595 g/mol. The van der Waals surface area contributed by atoms with Crippen LogP contribution in [0.15, 0.2) is 54.3 Å². The van der Waals surface area contributed by atoms with Crippen LogP contribution < -0.4 is 11.1 Å². The van der Waals surface area contributed by atoms with E-state index in [9.17, 15) is 18.8 Å². The SMILES string of the molecule is C=C(Cl)C(=CC)c1nsc(NC(=O)[C@@H]2C[C@@H](F)CN2C(=O)Cn2nc(C(N)=O)c3cc(-c4ccnnc4)ccc32)n1. The lowest BCUT2D eigenvalue weighted by Crippen LogP contribution is -2.44. The van der Waals surface area contributed by atoms with E-state index < -0.39 is 29.9 Å². The van der Waals surface area contributed by atoms with Gasteiger partial charge in [-0.3, -0.25) is 24.4 Å². The van der Waals surface area contributed by atoms with Gasteiger partial charge in [0.15, 0.2) is 11.5 Å². The summed E-state index contributed by atoms with van der Waals surface area (Å²) in [7, 11) is 0. The number of benzene rings is 1. The average Bonchev–Trinajstić information content (AvgIpc) is 3.66. The molecule has 15 heteroatoms. The van der Waals surface area contributed by atoms with Crippen molar-refractivity contribution in [2.24, 2.45) is 5.73 Å². The fourth-order valence-electron chi connectivity index (χ4n) is 4.63. The van der Waals surface area contributed by atoms with Crippen LogP contribution in [0.5, 0.6) is 0 Å². The van der Waals surface area contributed by atoms with E-state index >= 15 is 0 Å². The number of fused-ring (bicyclic) bond motifs is 1. The largest absolute Gasteiger partial charge is 0.364 e. The van der Waals surface area contributed by atoms with Gasteiger partial charge < -0.3 is 10.6 Å². The van der Waals surface area contributed by atoms with Crippen LogP contribution in [-0.4, -0.2) is 70.7 Å². The second kappa shape index (κ2) is 11.5. The van der Waals surface area contributed by atoms with Crippen LogP contribution in [0, 0.1) is 0 Å². The predicted octanol–water partition coefficient (Wildman–Crippen LogP) is 3.18. The summed E-state index contributed by atoms with van der Waals surface area (Å²) in [6.45, 7) is 4.80. The molecule has 12 nitrogen and oxygen atoms in total. The van der Waals surface area contributed by atoms with Gasteiger partial charge >= 0.3 is 0 Å². The third-order valence-corrected chi connectivity index (χ3v) is 7.37. The maximum absolute atomic E-state index is 14.5. The standard InChI is InChI=1S/C26H23ClFN9O3S/c1-3-17(13(2)27)24-32-26(41-35-24)33-25(40)20-9-16(28)11-36(20)21(38)12-37-19-5-4-14(15-6-7-30-31-10-15)8-18(19)22(34-37)23(29)39/h3-8,10,16,20H,2,9,11-12H2,1H3,(H2,29,39)(H,32,33,35,40)/t16-,20+/m1/s1. The summed E-state index contributed by atoms with van der Waals surface area (Å²) < 4.78 is 20.0. The molecule has 0 aliphatic carbocycles. The normalized spacial score (nSPS) is 17.1. The Labute approximate surface area is 241 Å². The van der Waals surface area contributed by atoms with Crippen molar-refractivity contribution in [3.63, 3.8) is 0 Å². The molecular weight excluding hydrogens is 573 g/mol. The number of aromatic nitrogens is 6. The number of nitrogens with two attached hydrogens (primary N) is 1. The number of allylic oxidation sites excluding steroid dienone is 3. The number of rotatable bonds is 8. The molecular formula is C26H23ClFN9O3S. The zero-order valence-corrected chi connectivity index (χ0v) is 23.2. The molecule has 4 aromatic rings. The lowest BCUT2D eigenvalue weighted by molar-refractivity contribution is -0.137. The summed E-state index contributed by atoms with van der Waals surface area (Å²) in [5, 5.41) is 15.4. The van der Waals surface area contributed by atoms with Crippen molar-refractivity contribution in [3.05, 3.63) is 65.9 Å². The Balaban J connectivity index is 1.37. The summed E-state index contributed by atoms with van der Waals surface area (Å²) in [6.07, 6.45) is 3.21. The molecule has 1 saturated heterocycles. The van der Waals surface area contributed by atoms with Crippen molar-refractivity contribution in [2.75, 3.05) is 11.9 Å². The molecule has 0 spiro atoms. The molecule has 5 rings (SSSR count). The molecule has 0 radical (unpaired) electrons. The van der Waals surface area contributed by atoms with Crippen LogP contribution in [0.4, 0.5) is 9.52 Å². The molecule has 3 amide bonds. The van der Waals surface area contributed by atoms with Crippen LogP contribution in [-0.2, 0) is 16.1 Å². The topological polar surface area (TPSA) is 162 Å². The predicted molar refractivity (Wildman–Crippen MR) is 151 cm³/mol. The van der Waals surface area contributed by atoms with Gasteiger partial charge in [-0.1, -0.05) is 30.3 Å². The van der Waals surface area contributed by atoms with Crippen molar-refractivity contribution < 1.29 is 18.8 Å². The number of carbonyl (C=O) groups excluding carboxylic acids is 3. The number of halogens is 2. The zero-order valence-electron chi connectivity index (χ0n) is 21.6. The highest BCUT2D eigenvalue weighted by molar-refractivity contribution is 7.10. The Bertz CT molecular complexity index is 1700. The number of hydrogen-bond donors (Lipinski definition) is 2. The van der Waals surface area contributed by atoms with E-state index in [1.165, 1.54) is 10.9 Å². The molecule has 2 atom stereocenters. The third-order valence-electron chi connectivity index (χ3n) is 6.54. The zero-order chi connectivity index (χ0) is 29.3. The van der Waals surface area contributed by atoms with Gasteiger partial charge in [0.1, 0.15) is 18.8 Å². The van der Waals surface area contributed by atoms with Crippen LogP contribution in [0.2, 0.25) is 0 Å². The molecule has 3 aromatic heterocycles. The Morgan fingerprint density at radius 2 is 2.07 bits per heavy atom. The molecule has 1 fully saturated rings. The van der Waals surface area contributed by atoms with Gasteiger partial charge in [0.25, 0.3) is 5.91 Å². The first-order chi connectivity index (χ1) is 19.7. The third kappa shape index (κ3) is 5.69. The summed E-state index contributed by atoms with van der Waals surface area (Å²) in [4.78, 5) is 44.1. The smallest absolute Gasteiger partial charge is 0.269 e. The van der Waals surface area contributed by atoms with E-state index in [1.807, 2.05) is 0 Å². The van der Waals surface area contributed by atoms with Crippen LogP contribution in [0.3, 0.4) is 0 Å². The molecule has 41 heavy (non-hydrogen) atoms. The fraction of sp³-hybridized carbons (Fsp3) is 0.231. The van der Waals surface area contributed by atoms with Crippen LogP contribution in [0.25, 0.3) is 27.6 Å². The lowest BCUT2D eigenvalue weighted by Gasteiger charge is -2.23. The number of anilines is 1. The second-order valence-electron chi connectivity index (χ2n) is 9.15. The van der Waals surface area contributed by atoms with Gasteiger partial charge in [0, 0.05) is 39.5 Å². The van der Waals surface area contributed by atoms with Crippen LogP contribution in [0.1, 0.15) is 29.7 Å². The highest BCUT2D eigenvalue weighted by Gasteiger charge is 2.40. The molecule has 4 heterocycles. The minimum absolute atomic E-state index is 0.0250. The first-order valence-corrected chi connectivity index (χ1v) is 13.5. The van der Waals surface area contributed by atoms with Crippen molar-refractivity contribution in [1.29, 1.82) is 0 Å². The Hall–Kier alpha value is -4.56. The van der Waals surface area contributed by atoms with Gasteiger partial charge in [0.05, 0.1) is 24.5 Å². The van der Waals surface area contributed by atoms with Crippen LogP contribution >= 0.6 is 23.1 Å². The van der Waals surface area contributed by atoms with E-state index in [0.717, 1.165) is 27.6 Å². The summed E-state index contributed by atoms with van der Waals surface area (Å²) in [5.41, 5.74) is 8.03. The number of amides is 3. The average molecular weight is 596 g/mol. The van der Waals surface area contributed by atoms with E-state index in [2.05, 4.69) is 36.5 Å². The van der Waals surface area contributed by atoms with Gasteiger partial charge in [-0.05, 0) is 30.7 Å². The number of carbonyl (C=O) groups is 3. The molecule has 0 unspecified atom stereocenters. The first-order valence-electron chi connectivity index (χ1n) is 12.3. The highest BCUT2D eigenvalue weighted by atomic mass is 35.5. The Morgan fingerprint density at radius 3 is 2.76 bits per heavy atom. The molecule has 3 N–H and O–H groups in total. The quantitative estimate of drug-likeness (QED) is 0.293. The van der Waals surface area contributed by atoms with Crippen molar-refractivity contribution in [2.45, 2.75) is 32.1 Å².